The van der Waals surface area contributed by atoms with Gasteiger partial charge < -0.3 is 15.2 Å². The van der Waals surface area contributed by atoms with Gasteiger partial charge >= 0.3 is 0 Å². The van der Waals surface area contributed by atoms with Crippen LogP contribution in [0.5, 0.6) is 0 Å². The van der Waals surface area contributed by atoms with Gasteiger partial charge in [0.2, 0.25) is 5.91 Å². The first kappa shape index (κ1) is 18.9. The molecule has 0 aliphatic rings. The van der Waals surface area contributed by atoms with Crippen molar-refractivity contribution in [2.24, 2.45) is 0 Å². The number of hydrogen-bond acceptors (Lipinski definition) is 4. The van der Waals surface area contributed by atoms with Crippen molar-refractivity contribution in [1.29, 1.82) is 0 Å². The van der Waals surface area contributed by atoms with Crippen LogP contribution in [0.4, 0.5) is 0 Å². The number of H-pyrrole nitrogens is 1. The Bertz CT molecular complexity index is 796. The minimum absolute atomic E-state index is 0.0703. The Morgan fingerprint density at radius 2 is 1.88 bits per heavy atom. The summed E-state index contributed by atoms with van der Waals surface area (Å²) in [5, 5.41) is 2.94. The largest absolute Gasteiger partial charge is 0.352 e. The normalized spacial score (nSPS) is 10.9. The van der Waals surface area contributed by atoms with E-state index >= 15 is 0 Å². The second-order valence-corrected chi connectivity index (χ2v) is 6.50. The van der Waals surface area contributed by atoms with Crippen molar-refractivity contribution in [2.45, 2.75) is 39.8 Å². The zero-order valence-electron chi connectivity index (χ0n) is 15.3. The Morgan fingerprint density at radius 3 is 2.52 bits per heavy atom. The highest BCUT2D eigenvalue weighted by Gasteiger charge is 2.10. The van der Waals surface area contributed by atoms with Crippen molar-refractivity contribution in [3.8, 4) is 0 Å². The van der Waals surface area contributed by atoms with Crippen LogP contribution in [0.3, 0.4) is 0 Å². The molecule has 0 radical (unpaired) electrons. The topological polar surface area (TPSA) is 78.1 Å². The zero-order chi connectivity index (χ0) is 18.4. The number of aryl methyl sites for hydroxylation is 2. The van der Waals surface area contributed by atoms with Gasteiger partial charge in [-0.1, -0.05) is 24.3 Å². The van der Waals surface area contributed by atoms with Crippen LogP contribution in [0.2, 0.25) is 0 Å². The maximum Gasteiger partial charge on any atom is 0.254 e. The molecule has 0 atom stereocenters. The molecule has 0 aliphatic heterocycles. The van der Waals surface area contributed by atoms with E-state index in [9.17, 15) is 9.59 Å². The van der Waals surface area contributed by atoms with E-state index in [0.717, 1.165) is 12.1 Å². The fraction of sp³-hybridized carbons (Fsp3) is 0.421. The van der Waals surface area contributed by atoms with E-state index in [-0.39, 0.29) is 17.9 Å². The molecule has 0 aliphatic carbocycles. The molecule has 0 unspecified atom stereocenters. The second kappa shape index (κ2) is 8.58. The summed E-state index contributed by atoms with van der Waals surface area (Å²) in [5.41, 5.74) is 3.41. The van der Waals surface area contributed by atoms with Gasteiger partial charge in [-0.25, -0.2) is 4.98 Å². The lowest BCUT2D eigenvalue weighted by Crippen LogP contribution is -2.26. The lowest BCUT2D eigenvalue weighted by Gasteiger charge is -2.14. The molecule has 1 amide bonds. The lowest BCUT2D eigenvalue weighted by molar-refractivity contribution is -0.121. The summed E-state index contributed by atoms with van der Waals surface area (Å²) < 4.78 is 0. The maximum atomic E-state index is 12.2. The number of aromatic nitrogens is 2. The summed E-state index contributed by atoms with van der Waals surface area (Å²) in [7, 11) is 4.04. The molecule has 2 aromatic rings. The predicted octanol–water partition coefficient (Wildman–Crippen LogP) is 1.70. The number of benzene rings is 1. The molecular formula is C19H26N4O2. The van der Waals surface area contributed by atoms with Crippen molar-refractivity contribution >= 4 is 5.91 Å². The van der Waals surface area contributed by atoms with Crippen molar-refractivity contribution in [2.75, 3.05) is 14.1 Å². The third-order valence-corrected chi connectivity index (χ3v) is 4.02. The van der Waals surface area contributed by atoms with E-state index in [1.165, 1.54) is 5.56 Å². The first-order chi connectivity index (χ1) is 11.9. The molecule has 2 rings (SSSR count). The highest BCUT2D eigenvalue weighted by molar-refractivity contribution is 5.76. The van der Waals surface area contributed by atoms with E-state index in [0.29, 0.717) is 30.0 Å². The molecule has 0 saturated heterocycles. The Labute approximate surface area is 148 Å². The fourth-order valence-corrected chi connectivity index (χ4v) is 2.79. The number of hydrogen-bond donors (Lipinski definition) is 2. The Balaban J connectivity index is 1.93. The third kappa shape index (κ3) is 5.53. The first-order valence-electron chi connectivity index (χ1n) is 8.41. The number of carbonyl (C=O) groups is 1. The van der Waals surface area contributed by atoms with Crippen LogP contribution in [0, 0.1) is 13.8 Å². The highest BCUT2D eigenvalue weighted by Crippen LogP contribution is 2.10. The van der Waals surface area contributed by atoms with Crippen LogP contribution in [0.15, 0.2) is 29.1 Å². The SMILES string of the molecule is Cc1nc(C)c(CCC(=O)NCc2ccccc2CN(C)C)c(=O)[nH]1. The van der Waals surface area contributed by atoms with Gasteiger partial charge in [0.25, 0.3) is 5.56 Å². The van der Waals surface area contributed by atoms with Gasteiger partial charge in [0.05, 0.1) is 0 Å². The maximum absolute atomic E-state index is 12.2. The van der Waals surface area contributed by atoms with Crippen molar-refractivity contribution in [3.63, 3.8) is 0 Å². The van der Waals surface area contributed by atoms with Crippen LogP contribution >= 0.6 is 0 Å². The molecule has 0 bridgehead atoms. The fourth-order valence-electron chi connectivity index (χ4n) is 2.79. The molecule has 1 heterocycles. The zero-order valence-corrected chi connectivity index (χ0v) is 15.3. The smallest absolute Gasteiger partial charge is 0.254 e. The number of carbonyl (C=O) groups excluding carboxylic acids is 1. The molecule has 0 saturated carbocycles. The van der Waals surface area contributed by atoms with Crippen LogP contribution in [-0.2, 0) is 24.3 Å². The average molecular weight is 342 g/mol. The van der Waals surface area contributed by atoms with Gasteiger partial charge in [0, 0.05) is 30.8 Å². The standard InChI is InChI=1S/C19H26N4O2/c1-13-17(19(25)22-14(2)21-13)9-10-18(24)20-11-15-7-5-6-8-16(15)12-23(3)4/h5-8H,9-12H2,1-4H3,(H,20,24)(H,21,22,25). The van der Waals surface area contributed by atoms with E-state index in [1.807, 2.05) is 32.3 Å². The van der Waals surface area contributed by atoms with Gasteiger partial charge in [-0.3, -0.25) is 9.59 Å². The van der Waals surface area contributed by atoms with Crippen molar-refractivity contribution in [3.05, 3.63) is 62.8 Å². The monoisotopic (exact) mass is 342 g/mol. The van der Waals surface area contributed by atoms with Crippen LogP contribution in [0.1, 0.15) is 34.6 Å². The summed E-state index contributed by atoms with van der Waals surface area (Å²) in [5.74, 6) is 0.521. The van der Waals surface area contributed by atoms with Gasteiger partial charge in [-0.05, 0) is 45.5 Å². The number of nitrogens with one attached hydrogen (secondary N) is 2. The summed E-state index contributed by atoms with van der Waals surface area (Å²) in [4.78, 5) is 33.2. The molecule has 6 nitrogen and oxygen atoms in total. The summed E-state index contributed by atoms with van der Waals surface area (Å²) in [6.07, 6.45) is 0.657. The second-order valence-electron chi connectivity index (χ2n) is 6.50. The Kier molecular flexibility index (Phi) is 6.47. The van der Waals surface area contributed by atoms with Crippen molar-refractivity contribution < 1.29 is 4.79 Å². The molecule has 0 spiro atoms. The van der Waals surface area contributed by atoms with E-state index < -0.39 is 0 Å². The number of nitrogens with zero attached hydrogens (tertiary/aromatic N) is 2. The van der Waals surface area contributed by atoms with Crippen LogP contribution < -0.4 is 10.9 Å². The van der Waals surface area contributed by atoms with E-state index in [2.05, 4.69) is 26.3 Å². The molecule has 1 aromatic heterocycles. The predicted molar refractivity (Wildman–Crippen MR) is 98.3 cm³/mol. The third-order valence-electron chi connectivity index (χ3n) is 4.02. The average Bonchev–Trinajstić information content (AvgIpc) is 2.52. The molecule has 25 heavy (non-hydrogen) atoms. The van der Waals surface area contributed by atoms with E-state index in [1.54, 1.807) is 13.8 Å². The van der Waals surface area contributed by atoms with Gasteiger partial charge in [0.15, 0.2) is 0 Å². The molecule has 0 fully saturated rings. The van der Waals surface area contributed by atoms with Gasteiger partial charge in [0.1, 0.15) is 5.82 Å². The summed E-state index contributed by atoms with van der Waals surface area (Å²) in [6, 6.07) is 8.07. The molecule has 134 valence electrons. The molecule has 2 N–H and O–H groups in total. The molecular weight excluding hydrogens is 316 g/mol. The minimum Gasteiger partial charge on any atom is -0.352 e. The van der Waals surface area contributed by atoms with Gasteiger partial charge in [-0.15, -0.1) is 0 Å². The Morgan fingerprint density at radius 1 is 1.20 bits per heavy atom. The van der Waals surface area contributed by atoms with Crippen molar-refractivity contribution in [1.82, 2.24) is 20.2 Å². The summed E-state index contributed by atoms with van der Waals surface area (Å²) >= 11 is 0. The molecule has 1 aromatic carbocycles. The van der Waals surface area contributed by atoms with Crippen LogP contribution in [0.25, 0.3) is 0 Å². The Hall–Kier alpha value is -2.47. The minimum atomic E-state index is -0.158. The first-order valence-corrected chi connectivity index (χ1v) is 8.41. The lowest BCUT2D eigenvalue weighted by atomic mass is 10.1. The van der Waals surface area contributed by atoms with Crippen LogP contribution in [-0.4, -0.2) is 34.9 Å². The quantitative estimate of drug-likeness (QED) is 0.803. The van der Waals surface area contributed by atoms with Gasteiger partial charge in [-0.2, -0.15) is 0 Å². The summed E-state index contributed by atoms with van der Waals surface area (Å²) in [6.45, 7) is 4.86. The number of rotatable bonds is 7. The highest BCUT2D eigenvalue weighted by atomic mass is 16.1. The number of aromatic amines is 1. The molecule has 6 heteroatoms. The number of amides is 1. The van der Waals surface area contributed by atoms with E-state index in [4.69, 9.17) is 0 Å².